The minimum absolute atomic E-state index is 0.0252. The zero-order chi connectivity index (χ0) is 23.2. The van der Waals surface area contributed by atoms with Crippen molar-refractivity contribution < 1.29 is 34.8 Å². The van der Waals surface area contributed by atoms with Crippen molar-refractivity contribution in [2.24, 2.45) is 7.05 Å². The van der Waals surface area contributed by atoms with E-state index in [1.165, 1.54) is 10.8 Å². The van der Waals surface area contributed by atoms with Crippen LogP contribution >= 0.6 is 0 Å². The number of rotatable bonds is 4. The fraction of sp³-hybridized carbons (Fsp3) is 0.267. The SMILES string of the molecule is Cc1c(C(F)(F)F)n(C)c(=O)n(-c2cc(NS(=O)(=O)C(F)F)c(C#N)cc2F)c1=O. The molecule has 0 spiro atoms. The first-order chi connectivity index (χ1) is 13.6. The predicted octanol–water partition coefficient (Wildman–Crippen LogP) is 1.84. The fourth-order valence-electron chi connectivity index (χ4n) is 2.58. The molecule has 1 heterocycles. The summed E-state index contributed by atoms with van der Waals surface area (Å²) < 4.78 is 103. The molecule has 1 N–H and O–H groups in total. The molecule has 2 rings (SSSR count). The van der Waals surface area contributed by atoms with Gasteiger partial charge in [0.2, 0.25) is 0 Å². The van der Waals surface area contributed by atoms with Crippen molar-refractivity contribution in [1.29, 1.82) is 5.26 Å². The Labute approximate surface area is 163 Å². The van der Waals surface area contributed by atoms with Gasteiger partial charge in [-0.15, -0.1) is 0 Å². The molecule has 1 aromatic heterocycles. The van der Waals surface area contributed by atoms with Gasteiger partial charge in [-0.3, -0.25) is 14.1 Å². The Kier molecular flexibility index (Phi) is 5.77. The second-order valence-corrected chi connectivity index (χ2v) is 7.47. The van der Waals surface area contributed by atoms with Gasteiger partial charge in [-0.2, -0.15) is 27.2 Å². The third-order valence-corrected chi connectivity index (χ3v) is 4.87. The van der Waals surface area contributed by atoms with Crippen molar-refractivity contribution in [2.45, 2.75) is 18.9 Å². The van der Waals surface area contributed by atoms with Gasteiger partial charge in [0.05, 0.1) is 16.9 Å². The molecule has 15 heteroatoms. The van der Waals surface area contributed by atoms with Crippen LogP contribution in [-0.4, -0.2) is 23.3 Å². The van der Waals surface area contributed by atoms with E-state index < -0.39 is 67.2 Å². The highest BCUT2D eigenvalue weighted by atomic mass is 32.2. The first-order valence-corrected chi connectivity index (χ1v) is 9.11. The molecule has 0 bridgehead atoms. The number of nitrogens with zero attached hydrogens (tertiary/aromatic N) is 3. The van der Waals surface area contributed by atoms with E-state index in [0.29, 0.717) is 19.2 Å². The van der Waals surface area contributed by atoms with Crippen LogP contribution in [0.2, 0.25) is 0 Å². The van der Waals surface area contributed by atoms with Gasteiger partial charge in [0.15, 0.2) is 0 Å². The lowest BCUT2D eigenvalue weighted by Crippen LogP contribution is -2.43. The molecule has 0 radical (unpaired) electrons. The molecule has 0 amide bonds. The number of sulfonamides is 1. The highest BCUT2D eigenvalue weighted by molar-refractivity contribution is 7.93. The van der Waals surface area contributed by atoms with E-state index in [1.54, 1.807) is 0 Å². The number of hydrogen-bond donors (Lipinski definition) is 1. The summed E-state index contributed by atoms with van der Waals surface area (Å²) in [5, 5.41) is 8.96. The Balaban J connectivity index is 2.90. The number of nitrogens with one attached hydrogen (secondary N) is 1. The second kappa shape index (κ2) is 7.52. The molecular weight excluding hydrogens is 446 g/mol. The molecule has 0 unspecified atom stereocenters. The van der Waals surface area contributed by atoms with E-state index in [4.69, 9.17) is 5.26 Å². The first-order valence-electron chi connectivity index (χ1n) is 7.57. The van der Waals surface area contributed by atoms with E-state index in [-0.39, 0.29) is 9.13 Å². The minimum Gasteiger partial charge on any atom is -0.292 e. The number of benzene rings is 1. The average Bonchev–Trinajstić information content (AvgIpc) is 2.61. The van der Waals surface area contributed by atoms with Gasteiger partial charge in [0.1, 0.15) is 17.6 Å². The van der Waals surface area contributed by atoms with Crippen LogP contribution in [0.3, 0.4) is 0 Å². The third-order valence-electron chi connectivity index (χ3n) is 3.90. The summed E-state index contributed by atoms with van der Waals surface area (Å²) in [6.45, 7) is 0.725. The number of nitriles is 1. The Bertz CT molecular complexity index is 1250. The summed E-state index contributed by atoms with van der Waals surface area (Å²) in [4.78, 5) is 24.7. The molecular formula is C15H10F6N4O4S. The Morgan fingerprint density at radius 1 is 1.20 bits per heavy atom. The van der Waals surface area contributed by atoms with Crippen molar-refractivity contribution in [3.63, 3.8) is 0 Å². The maximum atomic E-state index is 14.4. The molecule has 0 aliphatic carbocycles. The van der Waals surface area contributed by atoms with Crippen molar-refractivity contribution >= 4 is 15.7 Å². The van der Waals surface area contributed by atoms with Gasteiger partial charge in [-0.1, -0.05) is 0 Å². The smallest absolute Gasteiger partial charge is 0.292 e. The highest BCUT2D eigenvalue weighted by Gasteiger charge is 2.38. The predicted molar refractivity (Wildman–Crippen MR) is 90.2 cm³/mol. The van der Waals surface area contributed by atoms with Gasteiger partial charge < -0.3 is 0 Å². The fourth-order valence-corrected chi connectivity index (χ4v) is 3.14. The Hall–Kier alpha value is -3.28. The first kappa shape index (κ1) is 23.0. The van der Waals surface area contributed by atoms with Crippen LogP contribution in [0.15, 0.2) is 21.7 Å². The van der Waals surface area contributed by atoms with E-state index >= 15 is 0 Å². The molecule has 0 saturated heterocycles. The maximum absolute atomic E-state index is 14.4. The summed E-state index contributed by atoms with van der Waals surface area (Å²) in [5.41, 5.74) is -8.57. The van der Waals surface area contributed by atoms with Crippen LogP contribution in [0.4, 0.5) is 32.0 Å². The van der Waals surface area contributed by atoms with E-state index in [2.05, 4.69) is 0 Å². The summed E-state index contributed by atoms with van der Waals surface area (Å²) in [7, 11) is -4.67. The molecule has 0 atom stereocenters. The maximum Gasteiger partial charge on any atom is 0.432 e. The quantitative estimate of drug-likeness (QED) is 0.706. The number of hydrogen-bond acceptors (Lipinski definition) is 5. The van der Waals surface area contributed by atoms with Gasteiger partial charge in [-0.25, -0.2) is 22.2 Å². The monoisotopic (exact) mass is 456 g/mol. The lowest BCUT2D eigenvalue weighted by molar-refractivity contribution is -0.144. The Morgan fingerprint density at radius 3 is 2.23 bits per heavy atom. The van der Waals surface area contributed by atoms with Crippen molar-refractivity contribution in [3.8, 4) is 11.8 Å². The van der Waals surface area contributed by atoms with E-state index in [9.17, 15) is 44.3 Å². The summed E-state index contributed by atoms with van der Waals surface area (Å²) in [5.74, 6) is -5.41. The lowest BCUT2D eigenvalue weighted by Gasteiger charge is -2.18. The number of anilines is 1. The van der Waals surface area contributed by atoms with E-state index in [0.717, 1.165) is 6.92 Å². The largest absolute Gasteiger partial charge is 0.432 e. The van der Waals surface area contributed by atoms with Crippen molar-refractivity contribution in [2.75, 3.05) is 4.72 Å². The molecule has 0 aliphatic heterocycles. The second-order valence-electron chi connectivity index (χ2n) is 5.82. The van der Waals surface area contributed by atoms with Crippen LogP contribution in [0.1, 0.15) is 16.8 Å². The molecule has 30 heavy (non-hydrogen) atoms. The topological polar surface area (TPSA) is 114 Å². The molecule has 8 nitrogen and oxygen atoms in total. The van der Waals surface area contributed by atoms with Gasteiger partial charge in [0, 0.05) is 12.6 Å². The zero-order valence-corrected chi connectivity index (χ0v) is 15.7. The molecule has 2 aromatic rings. The minimum atomic E-state index is -5.33. The van der Waals surface area contributed by atoms with Crippen LogP contribution < -0.4 is 16.0 Å². The molecule has 0 fully saturated rings. The molecule has 0 aliphatic rings. The normalized spacial score (nSPS) is 12.1. The van der Waals surface area contributed by atoms with Crippen molar-refractivity contribution in [1.82, 2.24) is 9.13 Å². The summed E-state index contributed by atoms with van der Waals surface area (Å²) in [6, 6.07) is 2.04. The van der Waals surface area contributed by atoms with Crippen LogP contribution in [-0.2, 0) is 23.2 Å². The summed E-state index contributed by atoms with van der Waals surface area (Å²) in [6.07, 6.45) is -5.10. The van der Waals surface area contributed by atoms with Gasteiger partial charge in [-0.05, 0) is 19.1 Å². The van der Waals surface area contributed by atoms with E-state index in [1.807, 2.05) is 0 Å². The highest BCUT2D eigenvalue weighted by Crippen LogP contribution is 2.30. The zero-order valence-electron chi connectivity index (χ0n) is 14.9. The average molecular weight is 456 g/mol. The number of halogens is 6. The number of alkyl halides is 5. The Morgan fingerprint density at radius 2 is 1.77 bits per heavy atom. The van der Waals surface area contributed by atoms with Crippen LogP contribution in [0.25, 0.3) is 5.69 Å². The molecule has 1 aromatic carbocycles. The standard InChI is InChI=1S/C15H10F6N4O4S/c1-6-11(15(19,20)21)24(2)14(27)25(12(6)26)10-4-9(7(5-22)3-8(10)16)23-30(28,29)13(17)18/h3-4,13,23H,1-2H3. The van der Waals surface area contributed by atoms with Crippen LogP contribution in [0.5, 0.6) is 0 Å². The molecule has 0 saturated carbocycles. The van der Waals surface area contributed by atoms with Crippen LogP contribution in [0, 0.1) is 24.1 Å². The lowest BCUT2D eigenvalue weighted by atomic mass is 10.1. The number of aromatic nitrogens is 2. The third kappa shape index (κ3) is 3.90. The molecule has 162 valence electrons. The van der Waals surface area contributed by atoms with Gasteiger partial charge >= 0.3 is 17.6 Å². The van der Waals surface area contributed by atoms with Crippen molar-refractivity contribution in [3.05, 3.63) is 55.6 Å². The summed E-state index contributed by atoms with van der Waals surface area (Å²) >= 11 is 0. The van der Waals surface area contributed by atoms with Gasteiger partial charge in [0.25, 0.3) is 15.6 Å².